The molecular formula is C20H21N3O. The molecule has 2 atom stereocenters. The average molecular weight is 319 g/mol. The van der Waals surface area contributed by atoms with E-state index >= 15 is 0 Å². The molecular weight excluding hydrogens is 298 g/mol. The summed E-state index contributed by atoms with van der Waals surface area (Å²) in [5.41, 5.74) is 3.16. The third-order valence-corrected chi connectivity index (χ3v) is 5.05. The molecule has 1 aromatic rings. The number of β-amino-alcohol motifs (C(OH)–C–C–N with tert-alkyl or cyclic N) is 1. The number of aliphatic hydroxyl groups excluding tert-OH is 1. The minimum absolute atomic E-state index is 0.0931. The van der Waals surface area contributed by atoms with Crippen molar-refractivity contribution in [2.45, 2.75) is 31.7 Å². The molecule has 1 aliphatic carbocycles. The van der Waals surface area contributed by atoms with Gasteiger partial charge in [0, 0.05) is 24.2 Å². The van der Waals surface area contributed by atoms with E-state index in [-0.39, 0.29) is 24.1 Å². The van der Waals surface area contributed by atoms with Crippen molar-refractivity contribution in [2.24, 2.45) is 5.92 Å². The Kier molecular flexibility index (Phi) is 4.99. The number of benzene rings is 1. The van der Waals surface area contributed by atoms with Crippen LogP contribution in [0.4, 0.5) is 0 Å². The molecule has 0 spiro atoms. The summed E-state index contributed by atoms with van der Waals surface area (Å²) in [5, 5.41) is 28.3. The van der Waals surface area contributed by atoms with Crippen LogP contribution in [0.15, 0.2) is 47.6 Å². The number of allylic oxidation sites excluding steroid dienone is 2. The molecule has 0 amide bonds. The maximum atomic E-state index is 9.56. The van der Waals surface area contributed by atoms with Crippen LogP contribution >= 0.6 is 0 Å². The number of hydrogen-bond acceptors (Lipinski definition) is 4. The van der Waals surface area contributed by atoms with Gasteiger partial charge in [-0.1, -0.05) is 43.2 Å². The lowest BCUT2D eigenvalue weighted by atomic mass is 9.74. The summed E-state index contributed by atoms with van der Waals surface area (Å²) >= 11 is 0. The van der Waals surface area contributed by atoms with Gasteiger partial charge in [0.2, 0.25) is 0 Å². The van der Waals surface area contributed by atoms with Gasteiger partial charge in [-0.2, -0.15) is 10.5 Å². The number of nitriles is 2. The molecule has 1 aliphatic heterocycles. The summed E-state index contributed by atoms with van der Waals surface area (Å²) in [6, 6.07) is 14.4. The number of nitrogens with zero attached hydrogens (tertiary/aromatic N) is 3. The lowest BCUT2D eigenvalue weighted by molar-refractivity contribution is 0.145. The van der Waals surface area contributed by atoms with Gasteiger partial charge < -0.3 is 10.0 Å². The Balaban J connectivity index is 2.17. The van der Waals surface area contributed by atoms with Gasteiger partial charge in [0.15, 0.2) is 0 Å². The highest BCUT2D eigenvalue weighted by Gasteiger charge is 2.38. The highest BCUT2D eigenvalue weighted by Crippen LogP contribution is 2.43. The Morgan fingerprint density at radius 1 is 1.12 bits per heavy atom. The van der Waals surface area contributed by atoms with Crippen LogP contribution in [0, 0.1) is 28.6 Å². The smallest absolute Gasteiger partial charge is 0.133 e. The average Bonchev–Trinajstić information content (AvgIpc) is 2.65. The molecule has 1 saturated carbocycles. The molecule has 3 rings (SSSR count). The van der Waals surface area contributed by atoms with Crippen molar-refractivity contribution in [1.82, 2.24) is 4.90 Å². The maximum absolute atomic E-state index is 9.56. The summed E-state index contributed by atoms with van der Waals surface area (Å²) < 4.78 is 0. The second-order valence-electron chi connectivity index (χ2n) is 6.32. The van der Waals surface area contributed by atoms with Gasteiger partial charge >= 0.3 is 0 Å². The van der Waals surface area contributed by atoms with Crippen LogP contribution in [0.25, 0.3) is 5.70 Å². The van der Waals surface area contributed by atoms with Crippen LogP contribution in [0.3, 0.4) is 0 Å². The second kappa shape index (κ2) is 7.34. The Labute approximate surface area is 142 Å². The van der Waals surface area contributed by atoms with Gasteiger partial charge in [-0.15, -0.1) is 0 Å². The van der Waals surface area contributed by atoms with Gasteiger partial charge in [-0.05, 0) is 30.1 Å². The van der Waals surface area contributed by atoms with Crippen molar-refractivity contribution in [3.05, 3.63) is 53.1 Å². The van der Waals surface area contributed by atoms with Crippen molar-refractivity contribution < 1.29 is 5.11 Å². The first kappa shape index (κ1) is 16.3. The molecule has 0 saturated heterocycles. The first-order chi connectivity index (χ1) is 11.8. The third-order valence-electron chi connectivity index (χ3n) is 5.05. The zero-order chi connectivity index (χ0) is 16.9. The maximum Gasteiger partial charge on any atom is 0.133 e. The van der Waals surface area contributed by atoms with Crippen molar-refractivity contribution in [2.75, 3.05) is 13.2 Å². The minimum Gasteiger partial charge on any atom is -0.395 e. The van der Waals surface area contributed by atoms with Gasteiger partial charge in [-0.3, -0.25) is 0 Å². The zero-order valence-electron chi connectivity index (χ0n) is 13.7. The first-order valence-corrected chi connectivity index (χ1v) is 8.49. The number of aliphatic hydroxyl groups is 1. The lowest BCUT2D eigenvalue weighted by Crippen LogP contribution is -2.46. The predicted molar refractivity (Wildman–Crippen MR) is 92.2 cm³/mol. The summed E-state index contributed by atoms with van der Waals surface area (Å²) in [5.74, 6) is 0.201. The molecule has 122 valence electrons. The fourth-order valence-electron chi connectivity index (χ4n) is 4.03. The van der Waals surface area contributed by atoms with Crippen molar-refractivity contribution in [3.8, 4) is 12.1 Å². The highest BCUT2D eigenvalue weighted by atomic mass is 16.3. The van der Waals surface area contributed by atoms with E-state index in [1.807, 2.05) is 36.4 Å². The summed E-state index contributed by atoms with van der Waals surface area (Å²) in [6.45, 7) is 0.666. The molecule has 0 bridgehead atoms. The lowest BCUT2D eigenvalue weighted by Gasteiger charge is -2.46. The van der Waals surface area contributed by atoms with E-state index in [0.29, 0.717) is 6.54 Å². The molecule has 4 heteroatoms. The Morgan fingerprint density at radius 2 is 1.83 bits per heavy atom. The van der Waals surface area contributed by atoms with E-state index in [0.717, 1.165) is 42.5 Å². The summed E-state index contributed by atoms with van der Waals surface area (Å²) in [6.07, 6.45) is 6.29. The highest BCUT2D eigenvalue weighted by molar-refractivity contribution is 5.70. The van der Waals surface area contributed by atoms with Crippen LogP contribution in [0.2, 0.25) is 0 Å². The fraction of sp³-hybridized carbons (Fsp3) is 0.400. The molecule has 0 unspecified atom stereocenters. The topological polar surface area (TPSA) is 71.0 Å². The Morgan fingerprint density at radius 3 is 2.50 bits per heavy atom. The molecule has 1 heterocycles. The second-order valence-corrected chi connectivity index (χ2v) is 6.32. The number of hydrogen-bond donors (Lipinski definition) is 1. The van der Waals surface area contributed by atoms with Crippen LogP contribution in [0.5, 0.6) is 0 Å². The molecule has 2 aliphatic rings. The molecule has 0 radical (unpaired) electrons. The molecule has 1 aromatic carbocycles. The minimum atomic E-state index is 0.0931. The molecule has 0 aromatic heterocycles. The number of rotatable bonds is 3. The quantitative estimate of drug-likeness (QED) is 0.868. The van der Waals surface area contributed by atoms with Crippen molar-refractivity contribution >= 4 is 5.70 Å². The van der Waals surface area contributed by atoms with Gasteiger partial charge in [0.1, 0.15) is 17.7 Å². The van der Waals surface area contributed by atoms with Gasteiger partial charge in [-0.25, -0.2) is 0 Å². The van der Waals surface area contributed by atoms with Crippen molar-refractivity contribution in [3.63, 3.8) is 0 Å². The zero-order valence-corrected chi connectivity index (χ0v) is 13.7. The Bertz CT molecular complexity index is 720. The fourth-order valence-corrected chi connectivity index (χ4v) is 4.03. The monoisotopic (exact) mass is 319 g/mol. The summed E-state index contributed by atoms with van der Waals surface area (Å²) in [4.78, 5) is 2.27. The van der Waals surface area contributed by atoms with Crippen LogP contribution < -0.4 is 0 Å². The Hall–Kier alpha value is -2.56. The standard InChI is InChI=1S/C20H21N3O/c21-13-16(14-22)18-12-20(15-6-2-1-3-7-15)23(10-11-24)19-9-5-4-8-17(18)19/h1-3,6-7,12,17,19,24H,4-5,8-11H2/t17-,19-/m0/s1. The third kappa shape index (κ3) is 2.94. The molecule has 1 N–H and O–H groups in total. The predicted octanol–water partition coefficient (Wildman–Crippen LogP) is 3.24. The van der Waals surface area contributed by atoms with E-state index in [1.165, 1.54) is 0 Å². The first-order valence-electron chi connectivity index (χ1n) is 8.49. The van der Waals surface area contributed by atoms with Crippen LogP contribution in [0.1, 0.15) is 31.2 Å². The molecule has 4 nitrogen and oxygen atoms in total. The van der Waals surface area contributed by atoms with E-state index in [2.05, 4.69) is 17.0 Å². The van der Waals surface area contributed by atoms with E-state index in [1.54, 1.807) is 0 Å². The summed E-state index contributed by atoms with van der Waals surface area (Å²) in [7, 11) is 0. The van der Waals surface area contributed by atoms with Gasteiger partial charge in [0.25, 0.3) is 0 Å². The van der Waals surface area contributed by atoms with E-state index in [4.69, 9.17) is 0 Å². The normalized spacial score (nSPS) is 22.9. The van der Waals surface area contributed by atoms with E-state index in [9.17, 15) is 15.6 Å². The number of fused-ring (bicyclic) bond motifs is 1. The van der Waals surface area contributed by atoms with Crippen LogP contribution in [-0.4, -0.2) is 29.2 Å². The molecule has 24 heavy (non-hydrogen) atoms. The molecule has 1 fully saturated rings. The van der Waals surface area contributed by atoms with Gasteiger partial charge in [0.05, 0.1) is 6.61 Å². The SMILES string of the molecule is N#CC(C#N)=C1C=C(c2ccccc2)N(CCO)[C@H]2CCCC[C@@H]12. The van der Waals surface area contributed by atoms with Crippen molar-refractivity contribution in [1.29, 1.82) is 10.5 Å². The van der Waals surface area contributed by atoms with E-state index < -0.39 is 0 Å². The largest absolute Gasteiger partial charge is 0.395 e. The van der Waals surface area contributed by atoms with Crippen LogP contribution in [-0.2, 0) is 0 Å².